The normalized spacial score (nSPS) is 9.92. The third-order valence-electron chi connectivity index (χ3n) is 1.93. The Labute approximate surface area is 72.4 Å². The van der Waals surface area contributed by atoms with Crippen molar-refractivity contribution >= 4 is 11.6 Å². The number of nitrogen functional groups attached to an aromatic ring is 1. The van der Waals surface area contributed by atoms with Crippen molar-refractivity contribution in [2.24, 2.45) is 0 Å². The van der Waals surface area contributed by atoms with Crippen molar-refractivity contribution in [3.8, 4) is 0 Å². The first kappa shape index (κ1) is 8.77. The second kappa shape index (κ2) is 3.38. The van der Waals surface area contributed by atoms with Gasteiger partial charge < -0.3 is 10.6 Å². The lowest BCUT2D eigenvalue weighted by Crippen LogP contribution is -2.19. The van der Waals surface area contributed by atoms with Crippen LogP contribution in [0.15, 0.2) is 6.33 Å². The third-order valence-corrected chi connectivity index (χ3v) is 1.93. The van der Waals surface area contributed by atoms with Crippen LogP contribution in [0.2, 0.25) is 0 Å². The number of anilines is 2. The van der Waals surface area contributed by atoms with Crippen LogP contribution in [0.1, 0.15) is 12.5 Å². The van der Waals surface area contributed by atoms with Gasteiger partial charge in [-0.1, -0.05) is 0 Å². The number of aromatic nitrogens is 2. The van der Waals surface area contributed by atoms with Gasteiger partial charge >= 0.3 is 0 Å². The first-order valence-corrected chi connectivity index (χ1v) is 3.95. The maximum atomic E-state index is 5.64. The summed E-state index contributed by atoms with van der Waals surface area (Å²) in [5.41, 5.74) is 6.58. The lowest BCUT2D eigenvalue weighted by Gasteiger charge is -2.17. The van der Waals surface area contributed by atoms with Gasteiger partial charge in [-0.3, -0.25) is 0 Å². The van der Waals surface area contributed by atoms with Gasteiger partial charge in [0.05, 0.1) is 0 Å². The molecule has 0 aromatic carbocycles. The molecule has 1 aromatic heterocycles. The number of rotatable bonds is 2. The second-order valence-corrected chi connectivity index (χ2v) is 2.72. The van der Waals surface area contributed by atoms with Crippen LogP contribution in [0.5, 0.6) is 0 Å². The van der Waals surface area contributed by atoms with Crippen molar-refractivity contribution in [2.75, 3.05) is 24.2 Å². The molecule has 0 spiro atoms. The zero-order valence-corrected chi connectivity index (χ0v) is 7.70. The Morgan fingerprint density at radius 3 is 2.75 bits per heavy atom. The Balaban J connectivity index is 3.07. The molecule has 1 heterocycles. The van der Waals surface area contributed by atoms with E-state index in [1.54, 1.807) is 0 Å². The molecule has 1 rings (SSSR count). The molecular weight excluding hydrogens is 152 g/mol. The van der Waals surface area contributed by atoms with E-state index >= 15 is 0 Å². The average Bonchev–Trinajstić information content (AvgIpc) is 2.08. The summed E-state index contributed by atoms with van der Waals surface area (Å²) in [6, 6.07) is 0. The molecule has 0 aliphatic heterocycles. The van der Waals surface area contributed by atoms with Crippen molar-refractivity contribution in [1.29, 1.82) is 0 Å². The van der Waals surface area contributed by atoms with Crippen LogP contribution in [-0.4, -0.2) is 23.6 Å². The minimum Gasteiger partial charge on any atom is -0.383 e. The zero-order valence-electron chi connectivity index (χ0n) is 7.70. The first-order chi connectivity index (χ1) is 5.66. The Morgan fingerprint density at radius 2 is 2.17 bits per heavy atom. The number of hydrogen-bond acceptors (Lipinski definition) is 4. The maximum Gasteiger partial charge on any atom is 0.136 e. The summed E-state index contributed by atoms with van der Waals surface area (Å²) in [5, 5.41) is 0. The topological polar surface area (TPSA) is 55.0 Å². The van der Waals surface area contributed by atoms with Crippen LogP contribution < -0.4 is 10.6 Å². The van der Waals surface area contributed by atoms with E-state index in [9.17, 15) is 0 Å². The molecule has 2 N–H and O–H groups in total. The van der Waals surface area contributed by atoms with Crippen molar-refractivity contribution in [3.05, 3.63) is 11.9 Å². The van der Waals surface area contributed by atoms with Gasteiger partial charge in [-0.05, 0) is 13.8 Å². The van der Waals surface area contributed by atoms with E-state index in [2.05, 4.69) is 16.9 Å². The molecule has 0 amide bonds. The molecule has 66 valence electrons. The lowest BCUT2D eigenvalue weighted by molar-refractivity contribution is 0.920. The largest absolute Gasteiger partial charge is 0.383 e. The third kappa shape index (κ3) is 1.47. The molecule has 0 fully saturated rings. The summed E-state index contributed by atoms with van der Waals surface area (Å²) >= 11 is 0. The van der Waals surface area contributed by atoms with Gasteiger partial charge in [-0.2, -0.15) is 0 Å². The predicted molar refractivity (Wildman–Crippen MR) is 50.1 cm³/mol. The summed E-state index contributed by atoms with van der Waals surface area (Å²) in [5.74, 6) is 1.46. The molecule has 0 saturated carbocycles. The van der Waals surface area contributed by atoms with Crippen LogP contribution in [0.4, 0.5) is 11.6 Å². The quantitative estimate of drug-likeness (QED) is 0.706. The van der Waals surface area contributed by atoms with Crippen LogP contribution in [0.25, 0.3) is 0 Å². The van der Waals surface area contributed by atoms with Gasteiger partial charge in [0.1, 0.15) is 18.0 Å². The van der Waals surface area contributed by atoms with Crippen molar-refractivity contribution < 1.29 is 0 Å². The molecule has 0 unspecified atom stereocenters. The number of hydrogen-bond donors (Lipinski definition) is 1. The smallest absolute Gasteiger partial charge is 0.136 e. The van der Waals surface area contributed by atoms with Crippen LogP contribution in [0, 0.1) is 6.92 Å². The van der Waals surface area contributed by atoms with Gasteiger partial charge in [0.2, 0.25) is 0 Å². The van der Waals surface area contributed by atoms with E-state index in [-0.39, 0.29) is 0 Å². The first-order valence-electron chi connectivity index (χ1n) is 3.95. The van der Waals surface area contributed by atoms with E-state index in [4.69, 9.17) is 5.73 Å². The monoisotopic (exact) mass is 166 g/mol. The molecular formula is C8H14N4. The Kier molecular flexibility index (Phi) is 2.47. The summed E-state index contributed by atoms with van der Waals surface area (Å²) in [6.45, 7) is 4.91. The molecule has 12 heavy (non-hydrogen) atoms. The fourth-order valence-electron chi connectivity index (χ4n) is 0.989. The maximum absolute atomic E-state index is 5.64. The molecule has 4 nitrogen and oxygen atoms in total. The fraction of sp³-hybridized carbons (Fsp3) is 0.500. The molecule has 0 radical (unpaired) electrons. The van der Waals surface area contributed by atoms with Gasteiger partial charge in [0.25, 0.3) is 0 Å². The second-order valence-electron chi connectivity index (χ2n) is 2.72. The van der Waals surface area contributed by atoms with Crippen molar-refractivity contribution in [2.45, 2.75) is 13.8 Å². The molecule has 4 heteroatoms. The van der Waals surface area contributed by atoms with E-state index in [0.29, 0.717) is 5.82 Å². The number of nitrogens with zero attached hydrogens (tertiary/aromatic N) is 3. The molecule has 0 aliphatic carbocycles. The SMILES string of the molecule is CCN(C)c1ncnc(N)c1C. The molecule has 0 atom stereocenters. The van der Waals surface area contributed by atoms with E-state index < -0.39 is 0 Å². The fourth-order valence-corrected chi connectivity index (χ4v) is 0.989. The summed E-state index contributed by atoms with van der Waals surface area (Å²) in [6.07, 6.45) is 1.49. The van der Waals surface area contributed by atoms with E-state index in [1.165, 1.54) is 6.33 Å². The summed E-state index contributed by atoms with van der Waals surface area (Å²) in [7, 11) is 1.98. The summed E-state index contributed by atoms with van der Waals surface area (Å²) in [4.78, 5) is 10.1. The number of nitrogens with two attached hydrogens (primary N) is 1. The Hall–Kier alpha value is -1.32. The highest BCUT2D eigenvalue weighted by Gasteiger charge is 2.06. The standard InChI is InChI=1S/C8H14N4/c1-4-12(3)8-6(2)7(9)10-5-11-8/h5H,4H2,1-3H3,(H2,9,10,11). The van der Waals surface area contributed by atoms with Crippen LogP contribution >= 0.6 is 0 Å². The van der Waals surface area contributed by atoms with E-state index in [0.717, 1.165) is 17.9 Å². The van der Waals surface area contributed by atoms with Crippen molar-refractivity contribution in [3.63, 3.8) is 0 Å². The minimum absolute atomic E-state index is 0.556. The molecule has 0 aliphatic rings. The lowest BCUT2D eigenvalue weighted by atomic mass is 10.3. The zero-order chi connectivity index (χ0) is 9.14. The Bertz CT molecular complexity index is 272. The van der Waals surface area contributed by atoms with E-state index in [1.807, 2.05) is 18.9 Å². The van der Waals surface area contributed by atoms with Crippen LogP contribution in [0.3, 0.4) is 0 Å². The molecule has 0 bridgehead atoms. The molecule has 0 saturated heterocycles. The Morgan fingerprint density at radius 1 is 1.50 bits per heavy atom. The van der Waals surface area contributed by atoms with Gasteiger partial charge in [0.15, 0.2) is 0 Å². The highest BCUT2D eigenvalue weighted by Crippen LogP contribution is 2.17. The molecule has 1 aromatic rings. The van der Waals surface area contributed by atoms with Gasteiger partial charge in [0, 0.05) is 19.2 Å². The highest BCUT2D eigenvalue weighted by atomic mass is 15.2. The average molecular weight is 166 g/mol. The van der Waals surface area contributed by atoms with Crippen molar-refractivity contribution in [1.82, 2.24) is 9.97 Å². The predicted octanol–water partition coefficient (Wildman–Crippen LogP) is 0.823. The minimum atomic E-state index is 0.556. The van der Waals surface area contributed by atoms with Gasteiger partial charge in [-0.15, -0.1) is 0 Å². The summed E-state index contributed by atoms with van der Waals surface area (Å²) < 4.78 is 0. The van der Waals surface area contributed by atoms with Gasteiger partial charge in [-0.25, -0.2) is 9.97 Å². The van der Waals surface area contributed by atoms with Crippen LogP contribution in [-0.2, 0) is 0 Å². The highest BCUT2D eigenvalue weighted by molar-refractivity contribution is 5.54.